The van der Waals surface area contributed by atoms with Gasteiger partial charge < -0.3 is 34.6 Å². The predicted molar refractivity (Wildman–Crippen MR) is 130 cm³/mol. The maximum Gasteiger partial charge on any atom is 3.00 e. The Morgan fingerprint density at radius 2 is 1.68 bits per heavy atom. The van der Waals surface area contributed by atoms with Crippen LogP contribution in [-0.2, 0) is 26.2 Å². The molecule has 1 aliphatic heterocycles. The van der Waals surface area contributed by atoms with Crippen LogP contribution in [0.5, 0.6) is 5.75 Å². The third kappa shape index (κ3) is 5.16. The second kappa shape index (κ2) is 9.58. The van der Waals surface area contributed by atoms with Crippen molar-refractivity contribution in [3.63, 3.8) is 0 Å². The maximum absolute atomic E-state index is 6.84. The molecule has 0 saturated heterocycles. The molecule has 1 unspecified atom stereocenters. The summed E-state index contributed by atoms with van der Waals surface area (Å²) in [6.07, 6.45) is 1.25. The Morgan fingerprint density at radius 1 is 1.06 bits per heavy atom. The Balaban J connectivity index is 0.00000160. The quantitative estimate of drug-likeness (QED) is 0.346. The number of benzene rings is 2. The summed E-state index contributed by atoms with van der Waals surface area (Å²) in [5, 5.41) is 12.7. The fourth-order valence-electron chi connectivity index (χ4n) is 4.80. The van der Waals surface area contributed by atoms with Gasteiger partial charge in [-0.15, -0.1) is 33.5 Å². The van der Waals surface area contributed by atoms with Crippen molar-refractivity contribution in [3.05, 3.63) is 30.3 Å². The summed E-state index contributed by atoms with van der Waals surface area (Å²) in [7, 11) is -3.32. The average molecular weight is 571 g/mol. The molecule has 31 heavy (non-hydrogen) atoms. The zero-order valence-electron chi connectivity index (χ0n) is 20.0. The molecule has 2 nitrogen and oxygen atoms in total. The van der Waals surface area contributed by atoms with E-state index in [1.165, 1.54) is 39.7 Å². The van der Waals surface area contributed by atoms with E-state index in [-0.39, 0.29) is 56.6 Å². The minimum Gasteiger partial charge on any atom is -1.00 e. The summed E-state index contributed by atoms with van der Waals surface area (Å²) in [4.78, 5) is 0. The van der Waals surface area contributed by atoms with E-state index in [9.17, 15) is 0 Å². The van der Waals surface area contributed by atoms with Gasteiger partial charge in [-0.2, -0.15) is 0 Å². The van der Waals surface area contributed by atoms with Gasteiger partial charge in [0.1, 0.15) is 0 Å². The van der Waals surface area contributed by atoms with Crippen molar-refractivity contribution >= 4 is 54.0 Å². The Bertz CT molecular complexity index is 1090. The number of fused-ring (bicyclic) bond motifs is 5. The molecule has 0 aliphatic carbocycles. The third-order valence-electron chi connectivity index (χ3n) is 5.72. The van der Waals surface area contributed by atoms with Crippen LogP contribution in [0, 0.1) is 0 Å². The molecular weight excluding hydrogens is 537 g/mol. The molecule has 4 rings (SSSR count). The summed E-state index contributed by atoms with van der Waals surface area (Å²) in [5.74, 6) is 1.12. The minimum absolute atomic E-state index is 0. The number of anilines is 1. The Hall–Kier alpha value is -0.193. The molecule has 0 spiro atoms. The number of rotatable bonds is 5. The van der Waals surface area contributed by atoms with Gasteiger partial charge in [0.15, 0.2) is 0 Å². The van der Waals surface area contributed by atoms with Crippen LogP contribution in [0.3, 0.4) is 0 Å². The molecule has 0 fully saturated rings. The SMILES string of the molecule is CCC[Si]1(C)c2c(NC(C)(C)C)c(O[Si](C)(C)C)c3c([cH-]c4ccccc43)c21.[Cl-].[Cl-].[Zr+3]. The van der Waals surface area contributed by atoms with Gasteiger partial charge in [0.2, 0.25) is 8.32 Å². The molecule has 1 heterocycles. The molecule has 0 bridgehead atoms. The van der Waals surface area contributed by atoms with Crippen LogP contribution in [0.15, 0.2) is 30.3 Å². The van der Waals surface area contributed by atoms with E-state index in [4.69, 9.17) is 4.43 Å². The van der Waals surface area contributed by atoms with Crippen molar-refractivity contribution in [1.82, 2.24) is 0 Å². The van der Waals surface area contributed by atoms with Gasteiger partial charge in [-0.25, -0.2) is 0 Å². The third-order valence-corrected chi connectivity index (χ3v) is 11.0. The Morgan fingerprint density at radius 3 is 2.23 bits per heavy atom. The molecule has 0 amide bonds. The molecule has 7 heteroatoms. The molecule has 167 valence electrons. The Kier molecular flexibility index (Phi) is 8.91. The average Bonchev–Trinajstić information content (AvgIpc) is 2.97. The summed E-state index contributed by atoms with van der Waals surface area (Å²) in [5.41, 5.74) is 1.31. The fraction of sp³-hybridized carbons (Fsp3) is 0.458. The van der Waals surface area contributed by atoms with Gasteiger partial charge in [0, 0.05) is 5.54 Å². The molecule has 0 saturated carbocycles. The standard InChI is InChI=1S/C24H34NOSi2.2ClH.Zr/c1-9-14-28(8)22-18-15-16-12-10-11-13-17(16)19(18)21(26-27(5,6)7)20(23(22)28)25-24(2,3)4;;;/h10-13,15,25H,9,14H2,1-8H3;2*1H;/q-1;;;+3/p-2. The summed E-state index contributed by atoms with van der Waals surface area (Å²) in [6.45, 7) is 18.5. The zero-order valence-corrected chi connectivity index (χ0v) is 25.9. The van der Waals surface area contributed by atoms with E-state index in [1.807, 2.05) is 0 Å². The molecule has 1 radical (unpaired) electrons. The summed E-state index contributed by atoms with van der Waals surface area (Å²) >= 11 is 0. The Labute approximate surface area is 221 Å². The maximum atomic E-state index is 6.84. The molecule has 1 atom stereocenters. The number of hydrogen-bond acceptors (Lipinski definition) is 2. The largest absolute Gasteiger partial charge is 3.00 e. The molecular formula is C24H34Cl2NOSi2Zr. The van der Waals surface area contributed by atoms with Crippen molar-refractivity contribution in [2.75, 3.05) is 5.32 Å². The fourth-order valence-corrected chi connectivity index (χ4v) is 10.4. The normalized spacial score (nSPS) is 17.3. The van der Waals surface area contributed by atoms with E-state index < -0.39 is 16.4 Å². The molecule has 3 aromatic rings. The zero-order chi connectivity index (χ0) is 20.5. The topological polar surface area (TPSA) is 21.3 Å². The molecule has 3 aromatic carbocycles. The summed E-state index contributed by atoms with van der Waals surface area (Å²) in [6, 6.07) is 12.6. The van der Waals surface area contributed by atoms with Gasteiger partial charge in [-0.3, -0.25) is 0 Å². The first-order chi connectivity index (χ1) is 13.0. The van der Waals surface area contributed by atoms with Crippen molar-refractivity contribution in [2.45, 2.75) is 71.9 Å². The van der Waals surface area contributed by atoms with Crippen LogP contribution in [-0.4, -0.2) is 21.9 Å². The van der Waals surface area contributed by atoms with Crippen molar-refractivity contribution in [1.29, 1.82) is 0 Å². The second-order valence-corrected chi connectivity index (χ2v) is 19.2. The van der Waals surface area contributed by atoms with E-state index in [0.717, 1.165) is 5.75 Å². The van der Waals surface area contributed by atoms with Gasteiger partial charge in [0.25, 0.3) is 0 Å². The van der Waals surface area contributed by atoms with Crippen LogP contribution in [0.4, 0.5) is 5.69 Å². The monoisotopic (exact) mass is 568 g/mol. The van der Waals surface area contributed by atoms with Crippen LogP contribution >= 0.6 is 0 Å². The first-order valence-electron chi connectivity index (χ1n) is 10.6. The number of nitrogens with one attached hydrogen (secondary N) is 1. The second-order valence-electron chi connectivity index (χ2n) is 10.6. The van der Waals surface area contributed by atoms with Gasteiger partial charge in [-0.1, -0.05) is 54.7 Å². The van der Waals surface area contributed by atoms with Gasteiger partial charge in [-0.05, 0) is 40.4 Å². The van der Waals surface area contributed by atoms with Crippen molar-refractivity contribution < 1.29 is 55.4 Å². The van der Waals surface area contributed by atoms with Gasteiger partial charge in [0.05, 0.1) is 19.5 Å². The summed E-state index contributed by atoms with van der Waals surface area (Å²) < 4.78 is 6.84. The van der Waals surface area contributed by atoms with Gasteiger partial charge >= 0.3 is 26.2 Å². The molecule has 1 aliphatic rings. The van der Waals surface area contributed by atoms with E-state index in [1.54, 1.807) is 10.4 Å². The smallest absolute Gasteiger partial charge is 1.00 e. The van der Waals surface area contributed by atoms with Crippen LogP contribution in [0.2, 0.25) is 32.2 Å². The van der Waals surface area contributed by atoms with Crippen LogP contribution in [0.1, 0.15) is 34.1 Å². The van der Waals surface area contributed by atoms with E-state index in [2.05, 4.69) is 89.5 Å². The van der Waals surface area contributed by atoms with Crippen LogP contribution < -0.4 is 44.9 Å². The number of halogens is 2. The first-order valence-corrected chi connectivity index (χ1v) is 16.7. The first kappa shape index (κ1) is 28.8. The molecule has 1 N–H and O–H groups in total. The number of hydrogen-bond donors (Lipinski definition) is 1. The van der Waals surface area contributed by atoms with E-state index >= 15 is 0 Å². The van der Waals surface area contributed by atoms with Crippen molar-refractivity contribution in [2.24, 2.45) is 0 Å². The van der Waals surface area contributed by atoms with E-state index in [0.29, 0.717) is 0 Å². The minimum atomic E-state index is -1.77. The van der Waals surface area contributed by atoms with Crippen molar-refractivity contribution in [3.8, 4) is 5.75 Å². The van der Waals surface area contributed by atoms with Crippen LogP contribution in [0.25, 0.3) is 21.5 Å². The molecule has 0 aromatic heterocycles. The predicted octanol–water partition coefficient (Wildman–Crippen LogP) is 0.0577.